The molecule has 0 spiro atoms. The Bertz CT molecular complexity index is 780. The second-order valence-electron chi connectivity index (χ2n) is 6.25. The summed E-state index contributed by atoms with van der Waals surface area (Å²) in [5.41, 5.74) is 3.14. The van der Waals surface area contributed by atoms with E-state index in [-0.39, 0.29) is 11.6 Å². The minimum absolute atomic E-state index is 0.132. The van der Waals surface area contributed by atoms with Gasteiger partial charge in [-0.1, -0.05) is 18.2 Å². The molecular formula is C19H18F3NO. The van der Waals surface area contributed by atoms with Gasteiger partial charge in [0.25, 0.3) is 5.91 Å². The van der Waals surface area contributed by atoms with Gasteiger partial charge in [-0.2, -0.15) is 0 Å². The predicted molar refractivity (Wildman–Crippen MR) is 85.2 cm³/mol. The van der Waals surface area contributed by atoms with E-state index in [1.807, 2.05) is 32.0 Å². The minimum atomic E-state index is -1.56. The first kappa shape index (κ1) is 16.6. The first-order chi connectivity index (χ1) is 11.4. The van der Waals surface area contributed by atoms with E-state index in [0.717, 1.165) is 41.7 Å². The molecule has 0 bridgehead atoms. The number of hydrogen-bond donors (Lipinski definition) is 0. The zero-order valence-electron chi connectivity index (χ0n) is 13.6. The number of carbonyl (C=O) groups excluding carboxylic acids is 1. The SMILES string of the molecule is Cc1ccc(C2CCCN2C(=O)c2cc(F)c(F)c(F)c2)cc1C. The van der Waals surface area contributed by atoms with Crippen LogP contribution >= 0.6 is 0 Å². The highest BCUT2D eigenvalue weighted by molar-refractivity contribution is 5.94. The number of likely N-dealkylation sites (tertiary alicyclic amines) is 1. The lowest BCUT2D eigenvalue weighted by Crippen LogP contribution is -2.30. The third-order valence-electron chi connectivity index (χ3n) is 4.66. The summed E-state index contributed by atoms with van der Waals surface area (Å²) >= 11 is 0. The van der Waals surface area contributed by atoms with Gasteiger partial charge in [0.1, 0.15) is 0 Å². The van der Waals surface area contributed by atoms with Crippen LogP contribution in [0.25, 0.3) is 0 Å². The van der Waals surface area contributed by atoms with Crippen molar-refractivity contribution >= 4 is 5.91 Å². The van der Waals surface area contributed by atoms with Crippen LogP contribution in [-0.2, 0) is 0 Å². The molecule has 1 heterocycles. The number of amides is 1. The Morgan fingerprint density at radius 3 is 2.33 bits per heavy atom. The fourth-order valence-corrected chi connectivity index (χ4v) is 3.17. The van der Waals surface area contributed by atoms with Gasteiger partial charge in [0.2, 0.25) is 0 Å². The highest BCUT2D eigenvalue weighted by Gasteiger charge is 2.31. The molecule has 1 amide bonds. The summed E-state index contributed by atoms with van der Waals surface area (Å²) in [6, 6.07) is 7.41. The molecular weight excluding hydrogens is 315 g/mol. The second-order valence-corrected chi connectivity index (χ2v) is 6.25. The molecule has 126 valence electrons. The third kappa shape index (κ3) is 2.90. The molecule has 1 saturated heterocycles. The Balaban J connectivity index is 1.92. The zero-order valence-corrected chi connectivity index (χ0v) is 13.6. The van der Waals surface area contributed by atoms with Gasteiger partial charge in [-0.05, 0) is 55.5 Å². The first-order valence-corrected chi connectivity index (χ1v) is 7.91. The Kier molecular flexibility index (Phi) is 4.35. The lowest BCUT2D eigenvalue weighted by atomic mass is 9.99. The molecule has 1 atom stereocenters. The van der Waals surface area contributed by atoms with E-state index in [4.69, 9.17) is 0 Å². The molecule has 0 aromatic heterocycles. The van der Waals surface area contributed by atoms with Crippen molar-refractivity contribution in [2.45, 2.75) is 32.7 Å². The molecule has 1 aliphatic heterocycles. The predicted octanol–water partition coefficient (Wildman–Crippen LogP) is 4.70. The van der Waals surface area contributed by atoms with Gasteiger partial charge in [0, 0.05) is 12.1 Å². The number of benzene rings is 2. The summed E-state index contributed by atoms with van der Waals surface area (Å²) in [6.07, 6.45) is 1.61. The number of nitrogens with zero attached hydrogens (tertiary/aromatic N) is 1. The third-order valence-corrected chi connectivity index (χ3v) is 4.66. The number of aryl methyl sites for hydroxylation is 2. The maximum atomic E-state index is 13.4. The van der Waals surface area contributed by atoms with E-state index in [9.17, 15) is 18.0 Å². The topological polar surface area (TPSA) is 20.3 Å². The van der Waals surface area contributed by atoms with Crippen LogP contribution in [0.2, 0.25) is 0 Å². The molecule has 0 N–H and O–H groups in total. The van der Waals surface area contributed by atoms with Crippen molar-refractivity contribution in [3.63, 3.8) is 0 Å². The Hall–Kier alpha value is -2.30. The molecule has 5 heteroatoms. The lowest BCUT2D eigenvalue weighted by Gasteiger charge is -2.26. The monoisotopic (exact) mass is 333 g/mol. The Morgan fingerprint density at radius 2 is 1.71 bits per heavy atom. The minimum Gasteiger partial charge on any atom is -0.332 e. The molecule has 0 saturated carbocycles. The molecule has 24 heavy (non-hydrogen) atoms. The van der Waals surface area contributed by atoms with E-state index in [1.165, 1.54) is 0 Å². The molecule has 2 nitrogen and oxygen atoms in total. The maximum Gasteiger partial charge on any atom is 0.254 e. The average molecular weight is 333 g/mol. The van der Waals surface area contributed by atoms with Gasteiger partial charge in [-0.3, -0.25) is 4.79 Å². The zero-order chi connectivity index (χ0) is 17.4. The summed E-state index contributed by atoms with van der Waals surface area (Å²) in [6.45, 7) is 4.53. The Labute approximate surface area is 138 Å². The fraction of sp³-hybridized carbons (Fsp3) is 0.316. The molecule has 0 radical (unpaired) electrons. The number of halogens is 3. The van der Waals surface area contributed by atoms with Gasteiger partial charge < -0.3 is 4.90 Å². The van der Waals surface area contributed by atoms with Gasteiger partial charge in [-0.25, -0.2) is 13.2 Å². The van der Waals surface area contributed by atoms with Gasteiger partial charge in [0.15, 0.2) is 17.5 Å². The standard InChI is InChI=1S/C19H18F3NO/c1-11-5-6-13(8-12(11)2)17-4-3-7-23(17)19(24)14-9-15(20)18(22)16(21)10-14/h5-6,8-10,17H,3-4,7H2,1-2H3. The summed E-state index contributed by atoms with van der Waals surface area (Å²) < 4.78 is 39.9. The van der Waals surface area contributed by atoms with Crippen LogP contribution in [0.15, 0.2) is 30.3 Å². The van der Waals surface area contributed by atoms with Crippen LogP contribution in [0.3, 0.4) is 0 Å². The van der Waals surface area contributed by atoms with Crippen molar-refractivity contribution in [1.82, 2.24) is 4.90 Å². The molecule has 2 aromatic carbocycles. The van der Waals surface area contributed by atoms with Crippen LogP contribution in [0.1, 0.15) is 45.9 Å². The van der Waals surface area contributed by atoms with E-state index < -0.39 is 23.4 Å². The Morgan fingerprint density at radius 1 is 1.04 bits per heavy atom. The second kappa shape index (κ2) is 6.30. The molecule has 0 aliphatic carbocycles. The van der Waals surface area contributed by atoms with Gasteiger partial charge in [0.05, 0.1) is 6.04 Å². The van der Waals surface area contributed by atoms with Crippen LogP contribution < -0.4 is 0 Å². The number of rotatable bonds is 2. The van der Waals surface area contributed by atoms with Crippen molar-refractivity contribution in [3.8, 4) is 0 Å². The molecule has 1 aliphatic rings. The van der Waals surface area contributed by atoms with Crippen molar-refractivity contribution in [3.05, 3.63) is 70.0 Å². The molecule has 1 fully saturated rings. The van der Waals surface area contributed by atoms with Gasteiger partial charge in [-0.15, -0.1) is 0 Å². The molecule has 1 unspecified atom stereocenters. The van der Waals surface area contributed by atoms with E-state index in [1.54, 1.807) is 4.90 Å². The van der Waals surface area contributed by atoms with E-state index in [0.29, 0.717) is 6.54 Å². The number of hydrogen-bond acceptors (Lipinski definition) is 1. The lowest BCUT2D eigenvalue weighted by molar-refractivity contribution is 0.0734. The van der Waals surface area contributed by atoms with E-state index >= 15 is 0 Å². The van der Waals surface area contributed by atoms with Crippen molar-refractivity contribution in [2.75, 3.05) is 6.54 Å². The quantitative estimate of drug-likeness (QED) is 0.730. The van der Waals surface area contributed by atoms with Crippen LogP contribution in [0.4, 0.5) is 13.2 Å². The van der Waals surface area contributed by atoms with Gasteiger partial charge >= 0.3 is 0 Å². The molecule has 2 aromatic rings. The van der Waals surface area contributed by atoms with Crippen LogP contribution in [-0.4, -0.2) is 17.4 Å². The van der Waals surface area contributed by atoms with Crippen molar-refractivity contribution < 1.29 is 18.0 Å². The smallest absolute Gasteiger partial charge is 0.254 e. The van der Waals surface area contributed by atoms with E-state index in [2.05, 4.69) is 0 Å². The normalized spacial score (nSPS) is 17.4. The number of carbonyl (C=O) groups is 1. The summed E-state index contributed by atoms with van der Waals surface area (Å²) in [7, 11) is 0. The summed E-state index contributed by atoms with van der Waals surface area (Å²) in [4.78, 5) is 14.3. The van der Waals surface area contributed by atoms with Crippen molar-refractivity contribution in [2.24, 2.45) is 0 Å². The fourth-order valence-electron chi connectivity index (χ4n) is 3.17. The molecule has 3 rings (SSSR count). The van der Waals surface area contributed by atoms with Crippen molar-refractivity contribution in [1.29, 1.82) is 0 Å². The average Bonchev–Trinajstić information content (AvgIpc) is 3.03. The van der Waals surface area contributed by atoms with Crippen LogP contribution in [0, 0.1) is 31.3 Å². The summed E-state index contributed by atoms with van der Waals surface area (Å²) in [5.74, 6) is -4.73. The highest BCUT2D eigenvalue weighted by Crippen LogP contribution is 2.34. The maximum absolute atomic E-state index is 13.4. The summed E-state index contributed by atoms with van der Waals surface area (Å²) in [5, 5.41) is 0. The van der Waals surface area contributed by atoms with Crippen LogP contribution in [0.5, 0.6) is 0 Å². The first-order valence-electron chi connectivity index (χ1n) is 7.91. The largest absolute Gasteiger partial charge is 0.332 e. The highest BCUT2D eigenvalue weighted by atomic mass is 19.2.